The van der Waals surface area contributed by atoms with Crippen LogP contribution in [0.3, 0.4) is 0 Å². The van der Waals surface area contributed by atoms with E-state index in [2.05, 4.69) is 23.5 Å². The Bertz CT molecular complexity index is 1290. The number of carbonyl (C=O) groups is 4. The molecule has 0 bridgehead atoms. The summed E-state index contributed by atoms with van der Waals surface area (Å²) in [5, 5.41) is 44.5. The van der Waals surface area contributed by atoms with E-state index in [4.69, 9.17) is 30.4 Å². The Morgan fingerprint density at radius 2 is 1.44 bits per heavy atom. The lowest BCUT2D eigenvalue weighted by Gasteiger charge is -2.19. The van der Waals surface area contributed by atoms with E-state index in [9.17, 15) is 19.2 Å². The van der Waals surface area contributed by atoms with Gasteiger partial charge in [-0.1, -0.05) is 30.3 Å². The highest BCUT2D eigenvalue weighted by molar-refractivity contribution is 7.19. The molecule has 1 aromatic heterocycles. The maximum atomic E-state index is 9.55. The van der Waals surface area contributed by atoms with Gasteiger partial charge in [-0.15, -0.1) is 11.3 Å². The zero-order chi connectivity index (χ0) is 29.2. The maximum Gasteiger partial charge on any atom is 0.328 e. The second-order valence-electron chi connectivity index (χ2n) is 7.35. The van der Waals surface area contributed by atoms with Crippen LogP contribution >= 0.6 is 11.3 Å². The summed E-state index contributed by atoms with van der Waals surface area (Å²) in [6.45, 7) is 0.888. The largest absolute Gasteiger partial charge is 0.486 e. The van der Waals surface area contributed by atoms with Gasteiger partial charge in [-0.3, -0.25) is 0 Å². The first-order valence-corrected chi connectivity index (χ1v) is 11.9. The number of benzene rings is 2. The molecule has 0 fully saturated rings. The van der Waals surface area contributed by atoms with Gasteiger partial charge in [-0.2, -0.15) is 5.26 Å². The molecule has 0 radical (unpaired) electrons. The summed E-state index contributed by atoms with van der Waals surface area (Å²) in [7, 11) is 1.95. The van der Waals surface area contributed by atoms with Crippen LogP contribution in [0.25, 0.3) is 10.1 Å². The van der Waals surface area contributed by atoms with Crippen molar-refractivity contribution in [3.8, 4) is 11.8 Å². The van der Waals surface area contributed by atoms with Crippen molar-refractivity contribution < 1.29 is 44.3 Å². The number of aliphatic carboxylic acids is 4. The number of thiophene rings is 1. The van der Waals surface area contributed by atoms with E-state index in [0.29, 0.717) is 24.3 Å². The molecule has 0 unspecified atom stereocenters. The number of ether oxygens (including phenoxy) is 1. The zero-order valence-corrected chi connectivity index (χ0v) is 21.5. The van der Waals surface area contributed by atoms with Crippen LogP contribution in [0.15, 0.2) is 78.9 Å². The van der Waals surface area contributed by atoms with Crippen molar-refractivity contribution in [3.63, 3.8) is 0 Å². The molecule has 0 saturated heterocycles. The van der Waals surface area contributed by atoms with E-state index in [1.54, 1.807) is 0 Å². The van der Waals surface area contributed by atoms with Gasteiger partial charge in [0.05, 0.1) is 0 Å². The summed E-state index contributed by atoms with van der Waals surface area (Å²) in [6.07, 6.45) is 3.14. The molecule has 11 nitrogen and oxygen atoms in total. The van der Waals surface area contributed by atoms with Gasteiger partial charge in [0, 0.05) is 35.4 Å². The van der Waals surface area contributed by atoms with E-state index in [1.807, 2.05) is 49.5 Å². The van der Waals surface area contributed by atoms with Crippen molar-refractivity contribution in [1.82, 2.24) is 5.32 Å². The van der Waals surface area contributed by atoms with Crippen molar-refractivity contribution in [1.29, 1.82) is 5.26 Å². The Labute approximate surface area is 227 Å². The van der Waals surface area contributed by atoms with Gasteiger partial charge < -0.3 is 30.5 Å². The van der Waals surface area contributed by atoms with Crippen LogP contribution in [-0.2, 0) is 19.2 Å². The van der Waals surface area contributed by atoms with E-state index in [1.165, 1.54) is 16.9 Å². The topological polar surface area (TPSA) is 194 Å². The van der Waals surface area contributed by atoms with Gasteiger partial charge in [0.25, 0.3) is 0 Å². The van der Waals surface area contributed by atoms with Crippen LogP contribution in [0.5, 0.6) is 5.75 Å². The fraction of sp³-hybridized carbons (Fsp3) is 0.148. The van der Waals surface area contributed by atoms with Crippen LogP contribution in [0.2, 0.25) is 0 Å². The molecule has 0 aliphatic rings. The molecule has 0 saturated carbocycles. The molecule has 5 N–H and O–H groups in total. The predicted octanol–water partition coefficient (Wildman–Crippen LogP) is 3.93. The summed E-state index contributed by atoms with van der Waals surface area (Å²) in [5.41, 5.74) is 1.17. The number of nitrogens with one attached hydrogen (secondary N) is 1. The van der Waals surface area contributed by atoms with Crippen LogP contribution in [0.1, 0.15) is 23.0 Å². The predicted molar refractivity (Wildman–Crippen MR) is 144 cm³/mol. The van der Waals surface area contributed by atoms with Crippen LogP contribution < -0.4 is 10.1 Å². The number of hydrogen-bond acceptors (Lipinski definition) is 8. The van der Waals surface area contributed by atoms with Gasteiger partial charge in [0.15, 0.2) is 0 Å². The number of carboxylic acid groups (broad SMARTS) is 4. The smallest absolute Gasteiger partial charge is 0.328 e. The first-order chi connectivity index (χ1) is 18.5. The van der Waals surface area contributed by atoms with E-state index in [-0.39, 0.29) is 6.10 Å². The van der Waals surface area contributed by atoms with Gasteiger partial charge in [-0.25, -0.2) is 19.2 Å². The minimum atomic E-state index is -1.26. The van der Waals surface area contributed by atoms with Gasteiger partial charge in [0.1, 0.15) is 22.8 Å². The highest BCUT2D eigenvalue weighted by Gasteiger charge is 2.13. The Balaban J connectivity index is 0.000000393. The second-order valence-corrected chi connectivity index (χ2v) is 8.43. The lowest BCUT2D eigenvalue weighted by atomic mass is 10.1. The quantitative estimate of drug-likeness (QED) is 0.228. The van der Waals surface area contributed by atoms with E-state index >= 15 is 0 Å². The first-order valence-electron chi connectivity index (χ1n) is 11.1. The molecule has 2 aromatic carbocycles. The molecule has 0 amide bonds. The summed E-state index contributed by atoms with van der Waals surface area (Å²) >= 11 is 1.50. The van der Waals surface area contributed by atoms with Crippen molar-refractivity contribution in [2.75, 3.05) is 13.6 Å². The minimum Gasteiger partial charge on any atom is -0.486 e. The number of nitrogens with zero attached hydrogens (tertiary/aromatic N) is 1. The number of carboxylic acids is 4. The van der Waals surface area contributed by atoms with Gasteiger partial charge in [0.2, 0.25) is 0 Å². The Hall–Kier alpha value is -4.99. The number of nitriles is 1. The SMILES string of the molecule is CNCC[C@@H](Oc1ccc2cc(C#N)sc2c1)c1ccccc1.O=C(O)C=CC(=O)O.O=C(O)C=CC(=O)O. The molecule has 12 heteroatoms. The van der Waals surface area contributed by atoms with Crippen LogP contribution in [0, 0.1) is 11.3 Å². The number of hydrogen-bond donors (Lipinski definition) is 5. The fourth-order valence-corrected chi connectivity index (χ4v) is 3.71. The Morgan fingerprint density at radius 3 is 1.90 bits per heavy atom. The normalized spacial score (nSPS) is 11.0. The zero-order valence-electron chi connectivity index (χ0n) is 20.7. The van der Waals surface area contributed by atoms with Crippen molar-refractivity contribution in [2.24, 2.45) is 0 Å². The highest BCUT2D eigenvalue weighted by Crippen LogP contribution is 2.31. The summed E-state index contributed by atoms with van der Waals surface area (Å²) in [6, 6.07) is 20.4. The van der Waals surface area contributed by atoms with Crippen molar-refractivity contribution in [2.45, 2.75) is 12.5 Å². The standard InChI is InChI=1S/C19H18N2OS.2C4H4O4/c1-21-10-9-18(14-5-3-2-4-6-14)22-16-8-7-15-11-17(13-20)23-19(15)12-16;2*5-3(6)1-2-4(7)8/h2-8,11-12,18,21H,9-10H2,1H3;2*1-2H,(H,5,6)(H,7,8)/t18-;;/m1../s1. The molecule has 0 aliphatic carbocycles. The Kier molecular flexibility index (Phi) is 14.3. The third-order valence-electron chi connectivity index (χ3n) is 4.44. The van der Waals surface area contributed by atoms with Crippen molar-refractivity contribution >= 4 is 45.3 Å². The third kappa shape index (κ3) is 13.8. The second kappa shape index (κ2) is 17.5. The van der Waals surface area contributed by atoms with E-state index in [0.717, 1.165) is 33.7 Å². The van der Waals surface area contributed by atoms with Gasteiger partial charge >= 0.3 is 23.9 Å². The molecular formula is C27H26N2O9S. The monoisotopic (exact) mass is 554 g/mol. The molecule has 3 aromatic rings. The van der Waals surface area contributed by atoms with Crippen molar-refractivity contribution in [3.05, 3.63) is 89.3 Å². The molecule has 1 atom stereocenters. The highest BCUT2D eigenvalue weighted by atomic mass is 32.1. The summed E-state index contributed by atoms with van der Waals surface area (Å²) in [4.78, 5) is 38.9. The third-order valence-corrected chi connectivity index (χ3v) is 5.45. The molecule has 0 spiro atoms. The van der Waals surface area contributed by atoms with E-state index < -0.39 is 23.9 Å². The molecule has 204 valence electrons. The number of fused-ring (bicyclic) bond motifs is 1. The molecule has 39 heavy (non-hydrogen) atoms. The van der Waals surface area contributed by atoms with Crippen LogP contribution in [-0.4, -0.2) is 57.9 Å². The fourth-order valence-electron chi connectivity index (χ4n) is 2.83. The summed E-state index contributed by atoms with van der Waals surface area (Å²) < 4.78 is 7.32. The van der Waals surface area contributed by atoms with Gasteiger partial charge in [-0.05, 0) is 48.8 Å². The number of rotatable bonds is 10. The Morgan fingerprint density at radius 1 is 0.897 bits per heavy atom. The minimum absolute atomic E-state index is 0.0106. The molecule has 0 aliphatic heterocycles. The maximum absolute atomic E-state index is 9.55. The average Bonchev–Trinajstić information content (AvgIpc) is 3.32. The van der Waals surface area contributed by atoms with Crippen LogP contribution in [0.4, 0.5) is 0 Å². The molecule has 1 heterocycles. The first kappa shape index (κ1) is 32.0. The average molecular weight is 555 g/mol. The lowest BCUT2D eigenvalue weighted by Crippen LogP contribution is -2.16. The summed E-state index contributed by atoms with van der Waals surface area (Å²) in [5.74, 6) is -4.19. The molecular weight excluding hydrogens is 528 g/mol. The molecule has 3 rings (SSSR count). The lowest BCUT2D eigenvalue weighted by molar-refractivity contribution is -0.134.